The van der Waals surface area contributed by atoms with E-state index in [2.05, 4.69) is 16.0 Å². The summed E-state index contributed by atoms with van der Waals surface area (Å²) in [4.78, 5) is 69.9. The van der Waals surface area contributed by atoms with Crippen LogP contribution in [0.15, 0.2) is 35.0 Å². The normalized spacial score (nSPS) is 13.3. The first kappa shape index (κ1) is 22.4. The van der Waals surface area contributed by atoms with Gasteiger partial charge in [-0.05, 0) is 24.3 Å². The van der Waals surface area contributed by atoms with Gasteiger partial charge >= 0.3 is 11.9 Å². The van der Waals surface area contributed by atoms with Crippen molar-refractivity contribution < 1.29 is 39.0 Å². The summed E-state index contributed by atoms with van der Waals surface area (Å²) in [5, 5.41) is 23.2. The molecule has 0 saturated carbocycles. The smallest absolute Gasteiger partial charge is 0.322 e. The summed E-state index contributed by atoms with van der Waals surface area (Å²) in [6, 6.07) is 5.15. The molecule has 4 amide bonds. The molecule has 1 heterocycles. The molecule has 1 aromatic carbocycles. The van der Waals surface area contributed by atoms with Crippen LogP contribution in [-0.4, -0.2) is 65.4 Å². The van der Waals surface area contributed by atoms with Crippen LogP contribution in [-0.2, 0) is 24.0 Å². The number of carbonyl (C=O) groups excluding carboxylic acids is 4. The Bertz CT molecular complexity index is 957. The standard InChI is InChI=1S/C17H15ClN4O8/c18-13-14(20-5-10(23)19-6-11(24)25)17(30)22(16(13)29)9-3-1-8(2-4-9)15(28)21-7-12(26)27/h1-4,20H,5-7H2,(H,19,23)(H,21,28)(H,24,25)(H,26,27). The molecular formula is C17H15ClN4O8. The Balaban J connectivity index is 2.06. The molecule has 0 spiro atoms. The van der Waals surface area contributed by atoms with E-state index >= 15 is 0 Å². The average Bonchev–Trinajstić information content (AvgIpc) is 2.91. The fourth-order valence-electron chi connectivity index (χ4n) is 2.32. The molecule has 5 N–H and O–H groups in total. The van der Waals surface area contributed by atoms with Crippen molar-refractivity contribution >= 4 is 52.9 Å². The number of carboxylic acid groups (broad SMARTS) is 2. The van der Waals surface area contributed by atoms with Gasteiger partial charge in [0.05, 0.1) is 12.2 Å². The van der Waals surface area contributed by atoms with Crippen molar-refractivity contribution in [3.8, 4) is 0 Å². The summed E-state index contributed by atoms with van der Waals surface area (Å²) < 4.78 is 0. The molecule has 1 aromatic rings. The molecule has 2 rings (SSSR count). The molecule has 0 radical (unpaired) electrons. The van der Waals surface area contributed by atoms with Gasteiger partial charge in [-0.25, -0.2) is 4.90 Å². The highest BCUT2D eigenvalue weighted by atomic mass is 35.5. The molecule has 158 valence electrons. The van der Waals surface area contributed by atoms with Crippen molar-refractivity contribution in [1.29, 1.82) is 0 Å². The van der Waals surface area contributed by atoms with E-state index in [-0.39, 0.29) is 16.9 Å². The molecule has 0 saturated heterocycles. The van der Waals surface area contributed by atoms with Crippen molar-refractivity contribution in [3.63, 3.8) is 0 Å². The zero-order valence-corrected chi connectivity index (χ0v) is 15.9. The maximum Gasteiger partial charge on any atom is 0.322 e. The lowest BCUT2D eigenvalue weighted by Gasteiger charge is -2.15. The van der Waals surface area contributed by atoms with Gasteiger partial charge in [0.1, 0.15) is 23.8 Å². The van der Waals surface area contributed by atoms with Gasteiger partial charge < -0.3 is 26.2 Å². The second-order valence-corrected chi connectivity index (χ2v) is 6.16. The van der Waals surface area contributed by atoms with Gasteiger partial charge in [-0.1, -0.05) is 11.6 Å². The molecule has 0 aromatic heterocycles. The lowest BCUT2D eigenvalue weighted by molar-refractivity contribution is -0.138. The molecule has 0 unspecified atom stereocenters. The number of halogens is 1. The number of nitrogens with one attached hydrogen (secondary N) is 3. The van der Waals surface area contributed by atoms with Gasteiger partial charge in [0, 0.05) is 5.56 Å². The van der Waals surface area contributed by atoms with E-state index in [0.29, 0.717) is 0 Å². The molecule has 0 atom stereocenters. The van der Waals surface area contributed by atoms with Crippen LogP contribution in [0.3, 0.4) is 0 Å². The number of nitrogens with zero attached hydrogens (tertiary/aromatic N) is 1. The molecule has 0 aliphatic carbocycles. The highest BCUT2D eigenvalue weighted by Crippen LogP contribution is 2.28. The van der Waals surface area contributed by atoms with E-state index in [1.807, 2.05) is 0 Å². The van der Waals surface area contributed by atoms with Crippen LogP contribution in [0.5, 0.6) is 0 Å². The fourth-order valence-corrected chi connectivity index (χ4v) is 2.55. The first-order chi connectivity index (χ1) is 14.1. The number of aliphatic carboxylic acids is 2. The van der Waals surface area contributed by atoms with E-state index in [9.17, 15) is 28.8 Å². The second-order valence-electron chi connectivity index (χ2n) is 5.78. The SMILES string of the molecule is O=C(O)CNC(=O)CNC1=C(Cl)C(=O)N(c2ccc(C(=O)NCC(=O)O)cc2)C1=O. The number of benzene rings is 1. The lowest BCUT2D eigenvalue weighted by Crippen LogP contribution is -2.39. The fraction of sp³-hybridized carbons (Fsp3) is 0.176. The first-order valence-electron chi connectivity index (χ1n) is 8.22. The maximum atomic E-state index is 12.5. The van der Waals surface area contributed by atoms with Gasteiger partial charge in [-0.2, -0.15) is 0 Å². The van der Waals surface area contributed by atoms with Crippen LogP contribution < -0.4 is 20.9 Å². The second kappa shape index (κ2) is 9.52. The van der Waals surface area contributed by atoms with E-state index in [1.165, 1.54) is 24.3 Å². The number of hydrogen-bond acceptors (Lipinski definition) is 7. The third-order valence-corrected chi connectivity index (χ3v) is 4.03. The van der Waals surface area contributed by atoms with Crippen molar-refractivity contribution in [1.82, 2.24) is 16.0 Å². The summed E-state index contributed by atoms with van der Waals surface area (Å²) in [6.45, 7) is -1.68. The van der Waals surface area contributed by atoms with Gasteiger partial charge in [0.15, 0.2) is 0 Å². The third-order valence-electron chi connectivity index (χ3n) is 3.68. The summed E-state index contributed by atoms with van der Waals surface area (Å²) in [6.07, 6.45) is 0. The van der Waals surface area contributed by atoms with Crippen molar-refractivity contribution in [2.75, 3.05) is 24.5 Å². The predicted octanol–water partition coefficient (Wildman–Crippen LogP) is -1.38. The maximum absolute atomic E-state index is 12.5. The number of hydrogen-bond donors (Lipinski definition) is 5. The van der Waals surface area contributed by atoms with E-state index in [1.54, 1.807) is 0 Å². The Hall–Kier alpha value is -3.93. The van der Waals surface area contributed by atoms with Gasteiger partial charge in [0.25, 0.3) is 17.7 Å². The monoisotopic (exact) mass is 438 g/mol. The molecule has 0 fully saturated rings. The molecular weight excluding hydrogens is 424 g/mol. The van der Waals surface area contributed by atoms with Gasteiger partial charge in [-0.15, -0.1) is 0 Å². The molecule has 1 aliphatic rings. The van der Waals surface area contributed by atoms with E-state index in [4.69, 9.17) is 21.8 Å². The van der Waals surface area contributed by atoms with Crippen molar-refractivity contribution in [3.05, 3.63) is 40.6 Å². The minimum Gasteiger partial charge on any atom is -0.480 e. The van der Waals surface area contributed by atoms with Crippen molar-refractivity contribution in [2.45, 2.75) is 0 Å². The number of carboxylic acids is 2. The van der Waals surface area contributed by atoms with Crippen LogP contribution in [0.2, 0.25) is 0 Å². The van der Waals surface area contributed by atoms with E-state index < -0.39 is 60.2 Å². The molecule has 1 aliphatic heterocycles. The summed E-state index contributed by atoms with van der Waals surface area (Å²) >= 11 is 5.89. The molecule has 12 nitrogen and oxygen atoms in total. The average molecular weight is 439 g/mol. The number of amides is 4. The highest BCUT2D eigenvalue weighted by Gasteiger charge is 2.38. The van der Waals surface area contributed by atoms with Crippen LogP contribution >= 0.6 is 11.6 Å². The first-order valence-corrected chi connectivity index (χ1v) is 8.60. The number of imide groups is 1. The van der Waals surface area contributed by atoms with Crippen LogP contribution in [0, 0.1) is 0 Å². The highest BCUT2D eigenvalue weighted by molar-refractivity contribution is 6.52. The largest absolute Gasteiger partial charge is 0.480 e. The number of rotatable bonds is 9. The van der Waals surface area contributed by atoms with Crippen molar-refractivity contribution in [2.24, 2.45) is 0 Å². The zero-order valence-electron chi connectivity index (χ0n) is 15.1. The third kappa shape index (κ3) is 5.32. The van der Waals surface area contributed by atoms with Crippen LogP contribution in [0.25, 0.3) is 0 Å². The van der Waals surface area contributed by atoms with Gasteiger partial charge in [-0.3, -0.25) is 28.8 Å². The zero-order chi connectivity index (χ0) is 22.4. The minimum absolute atomic E-state index is 0.0880. The Labute approximate surface area is 173 Å². The van der Waals surface area contributed by atoms with E-state index in [0.717, 1.165) is 4.90 Å². The molecule has 0 bridgehead atoms. The minimum atomic E-state index is -1.25. The Morgan fingerprint density at radius 1 is 0.867 bits per heavy atom. The number of carbonyl (C=O) groups is 6. The van der Waals surface area contributed by atoms with Crippen LogP contribution in [0.4, 0.5) is 5.69 Å². The predicted molar refractivity (Wildman–Crippen MR) is 100 cm³/mol. The molecule has 13 heteroatoms. The lowest BCUT2D eigenvalue weighted by atomic mass is 10.2. The quantitative estimate of drug-likeness (QED) is 0.290. The van der Waals surface area contributed by atoms with Gasteiger partial charge in [0.2, 0.25) is 5.91 Å². The Morgan fingerprint density at radius 2 is 1.43 bits per heavy atom. The number of anilines is 1. The Kier molecular flexibility index (Phi) is 7.09. The summed E-state index contributed by atoms with van der Waals surface area (Å²) in [5.41, 5.74) is -0.146. The Morgan fingerprint density at radius 3 is 2.00 bits per heavy atom. The summed E-state index contributed by atoms with van der Waals surface area (Å²) in [7, 11) is 0. The topological polar surface area (TPSA) is 182 Å². The van der Waals surface area contributed by atoms with Crippen LogP contribution in [0.1, 0.15) is 10.4 Å². The molecule has 30 heavy (non-hydrogen) atoms. The summed E-state index contributed by atoms with van der Waals surface area (Å²) in [5.74, 6) is -5.57.